The minimum absolute atomic E-state index is 0.0142. The maximum Gasteiger partial charge on any atom is 0.416 e. The molecule has 2 aromatic rings. The molecule has 1 aliphatic heterocycles. The van der Waals surface area contributed by atoms with Crippen LogP contribution in [0.15, 0.2) is 54.1 Å². The number of nitrogens with zero attached hydrogens (tertiary/aromatic N) is 2. The molecule has 0 saturated carbocycles. The van der Waals surface area contributed by atoms with Crippen LogP contribution in [0.5, 0.6) is 5.75 Å². The van der Waals surface area contributed by atoms with E-state index in [1.54, 1.807) is 24.3 Å². The zero-order chi connectivity index (χ0) is 21.0. The third-order valence-electron chi connectivity index (χ3n) is 4.90. The summed E-state index contributed by atoms with van der Waals surface area (Å²) in [7, 11) is 1.38. The number of benzene rings is 2. The second kappa shape index (κ2) is 8.39. The Bertz CT molecular complexity index is 962. The van der Waals surface area contributed by atoms with Gasteiger partial charge in [0.15, 0.2) is 0 Å². The van der Waals surface area contributed by atoms with Gasteiger partial charge in [0.25, 0.3) is 5.91 Å². The first-order valence-electron chi connectivity index (χ1n) is 9.08. The zero-order valence-corrected chi connectivity index (χ0v) is 15.7. The largest absolute Gasteiger partial charge is 0.497 e. The molecule has 1 heterocycles. The van der Waals surface area contributed by atoms with E-state index in [4.69, 9.17) is 4.74 Å². The average Bonchev–Trinajstić information content (AvgIpc) is 3.21. The molecule has 0 aliphatic carbocycles. The number of carbonyl (C=O) groups excluding carboxylic acids is 1. The normalized spacial score (nSPS) is 17.1. The maximum atomic E-state index is 13.6. The van der Waals surface area contributed by atoms with Gasteiger partial charge in [-0.15, -0.1) is 0 Å². The van der Waals surface area contributed by atoms with Gasteiger partial charge in [0.1, 0.15) is 17.4 Å². The van der Waals surface area contributed by atoms with Crippen molar-refractivity contribution in [3.8, 4) is 11.8 Å². The van der Waals surface area contributed by atoms with Crippen molar-refractivity contribution in [1.82, 2.24) is 4.90 Å². The van der Waals surface area contributed by atoms with Crippen LogP contribution in [0.3, 0.4) is 0 Å². The van der Waals surface area contributed by atoms with Gasteiger partial charge in [0, 0.05) is 6.54 Å². The summed E-state index contributed by atoms with van der Waals surface area (Å²) in [6.45, 7) is 0.284. The number of ether oxygens (including phenoxy) is 1. The van der Waals surface area contributed by atoms with E-state index < -0.39 is 23.7 Å². The predicted molar refractivity (Wildman–Crippen MR) is 102 cm³/mol. The molecule has 1 saturated heterocycles. The third-order valence-corrected chi connectivity index (χ3v) is 4.90. The van der Waals surface area contributed by atoms with Crippen LogP contribution in [0, 0.1) is 11.3 Å². The Kier molecular flexibility index (Phi) is 5.92. The van der Waals surface area contributed by atoms with Crippen molar-refractivity contribution in [2.24, 2.45) is 0 Å². The van der Waals surface area contributed by atoms with Crippen molar-refractivity contribution in [2.75, 3.05) is 13.7 Å². The lowest BCUT2D eigenvalue weighted by molar-refractivity contribution is -0.139. The highest BCUT2D eigenvalue weighted by Gasteiger charge is 2.40. The molecule has 0 N–H and O–H groups in total. The lowest BCUT2D eigenvalue weighted by atomic mass is 9.97. The monoisotopic (exact) mass is 400 g/mol. The fraction of sp³-hybridized carbons (Fsp3) is 0.273. The summed E-state index contributed by atoms with van der Waals surface area (Å²) < 4.78 is 45.8. The molecule has 4 nitrogen and oxygen atoms in total. The summed E-state index contributed by atoms with van der Waals surface area (Å²) in [5.74, 6) is -0.289. The third kappa shape index (κ3) is 4.43. The zero-order valence-electron chi connectivity index (χ0n) is 15.7. The second-order valence-electron chi connectivity index (χ2n) is 6.69. The van der Waals surface area contributed by atoms with Gasteiger partial charge in [0.05, 0.1) is 18.7 Å². The first-order chi connectivity index (χ1) is 13.8. The molecule has 1 atom stereocenters. The fourth-order valence-electron chi connectivity index (χ4n) is 3.55. The van der Waals surface area contributed by atoms with Crippen molar-refractivity contribution in [1.29, 1.82) is 5.26 Å². The van der Waals surface area contributed by atoms with Gasteiger partial charge in [-0.3, -0.25) is 4.79 Å². The molecule has 1 amide bonds. The number of halogens is 3. The molecule has 0 spiro atoms. The van der Waals surface area contributed by atoms with Crippen molar-refractivity contribution in [3.05, 3.63) is 70.8 Å². The van der Waals surface area contributed by atoms with Gasteiger partial charge in [-0.2, -0.15) is 18.4 Å². The number of nitriles is 1. The highest BCUT2D eigenvalue weighted by Crippen LogP contribution is 2.42. The molecule has 3 rings (SSSR count). The first-order valence-corrected chi connectivity index (χ1v) is 9.08. The molecule has 0 aromatic heterocycles. The summed E-state index contributed by atoms with van der Waals surface area (Å²) in [6, 6.07) is 13.5. The van der Waals surface area contributed by atoms with E-state index in [9.17, 15) is 23.2 Å². The lowest BCUT2D eigenvalue weighted by Gasteiger charge is -2.27. The highest BCUT2D eigenvalue weighted by atomic mass is 19.4. The van der Waals surface area contributed by atoms with E-state index in [0.29, 0.717) is 18.4 Å². The summed E-state index contributed by atoms with van der Waals surface area (Å²) in [5.41, 5.74) is -0.252. The SMILES string of the molecule is COc1ccc(C(F)(F)F)c(C2CCCN2C(=O)/C(C#N)=C/c2ccccc2)c1. The van der Waals surface area contributed by atoms with Crippen molar-refractivity contribution in [2.45, 2.75) is 25.1 Å². The molecule has 1 unspecified atom stereocenters. The van der Waals surface area contributed by atoms with Crippen LogP contribution in [0.4, 0.5) is 13.2 Å². The number of carbonyl (C=O) groups is 1. The Balaban J connectivity index is 1.99. The van der Waals surface area contributed by atoms with Crippen LogP contribution >= 0.6 is 0 Å². The molecule has 7 heteroatoms. The molecule has 1 fully saturated rings. The van der Waals surface area contributed by atoms with Crippen molar-refractivity contribution < 1.29 is 22.7 Å². The van der Waals surface area contributed by atoms with Gasteiger partial charge in [-0.05, 0) is 48.2 Å². The van der Waals surface area contributed by atoms with Gasteiger partial charge >= 0.3 is 6.18 Å². The first kappa shape index (κ1) is 20.5. The molecular formula is C22H19F3N2O2. The topological polar surface area (TPSA) is 53.3 Å². The van der Waals surface area contributed by atoms with Crippen LogP contribution in [0.2, 0.25) is 0 Å². The van der Waals surface area contributed by atoms with Gasteiger partial charge in [0.2, 0.25) is 0 Å². The highest BCUT2D eigenvalue weighted by molar-refractivity contribution is 6.02. The summed E-state index contributed by atoms with van der Waals surface area (Å²) in [4.78, 5) is 14.4. The van der Waals surface area contributed by atoms with Crippen LogP contribution in [0.25, 0.3) is 6.08 Å². The van der Waals surface area contributed by atoms with Gasteiger partial charge < -0.3 is 9.64 Å². The Morgan fingerprint density at radius 3 is 2.59 bits per heavy atom. The Morgan fingerprint density at radius 2 is 1.97 bits per heavy atom. The average molecular weight is 400 g/mol. The minimum Gasteiger partial charge on any atom is -0.497 e. The van der Waals surface area contributed by atoms with E-state index in [1.165, 1.54) is 30.2 Å². The number of alkyl halides is 3. The lowest BCUT2D eigenvalue weighted by Crippen LogP contribution is -2.32. The van der Waals surface area contributed by atoms with E-state index >= 15 is 0 Å². The molecule has 29 heavy (non-hydrogen) atoms. The van der Waals surface area contributed by atoms with Crippen LogP contribution < -0.4 is 4.74 Å². The summed E-state index contributed by atoms with van der Waals surface area (Å²) in [5, 5.41) is 9.48. The predicted octanol–water partition coefficient (Wildman–Crippen LogP) is 4.98. The summed E-state index contributed by atoms with van der Waals surface area (Å²) in [6.07, 6.45) is -2.17. The number of rotatable bonds is 4. The van der Waals surface area contributed by atoms with Crippen LogP contribution in [-0.2, 0) is 11.0 Å². The molecule has 150 valence electrons. The number of likely N-dealkylation sites (tertiary alicyclic amines) is 1. The number of methoxy groups -OCH3 is 1. The number of hydrogen-bond donors (Lipinski definition) is 0. The standard InChI is InChI=1S/C22H19F3N2O2/c1-29-17-9-10-19(22(23,24)25)18(13-17)20-8-5-11-27(20)21(28)16(14-26)12-15-6-3-2-4-7-15/h2-4,6-7,9-10,12-13,20H,5,8,11H2,1H3/b16-12+. The van der Waals surface area contributed by atoms with E-state index in [0.717, 1.165) is 6.07 Å². The Morgan fingerprint density at radius 1 is 1.24 bits per heavy atom. The smallest absolute Gasteiger partial charge is 0.416 e. The van der Waals surface area contributed by atoms with E-state index in [-0.39, 0.29) is 23.4 Å². The Labute approximate surface area is 166 Å². The van der Waals surface area contributed by atoms with Crippen LogP contribution in [0.1, 0.15) is 35.6 Å². The molecule has 1 aliphatic rings. The van der Waals surface area contributed by atoms with Gasteiger partial charge in [-0.1, -0.05) is 30.3 Å². The number of hydrogen-bond acceptors (Lipinski definition) is 3. The van der Waals surface area contributed by atoms with E-state index in [2.05, 4.69) is 0 Å². The van der Waals surface area contributed by atoms with Crippen molar-refractivity contribution in [3.63, 3.8) is 0 Å². The summed E-state index contributed by atoms with van der Waals surface area (Å²) >= 11 is 0. The fourth-order valence-corrected chi connectivity index (χ4v) is 3.55. The van der Waals surface area contributed by atoms with Crippen molar-refractivity contribution >= 4 is 12.0 Å². The quantitative estimate of drug-likeness (QED) is 0.537. The molecule has 2 aromatic carbocycles. The van der Waals surface area contributed by atoms with E-state index in [1.807, 2.05) is 12.1 Å². The minimum atomic E-state index is -4.56. The van der Waals surface area contributed by atoms with Crippen LogP contribution in [-0.4, -0.2) is 24.5 Å². The molecule has 0 radical (unpaired) electrons. The maximum absolute atomic E-state index is 13.6. The molecule has 0 bridgehead atoms. The second-order valence-corrected chi connectivity index (χ2v) is 6.69. The molecular weight excluding hydrogens is 381 g/mol. The number of amides is 1. The Hall–Kier alpha value is -3.27. The van der Waals surface area contributed by atoms with Gasteiger partial charge in [-0.25, -0.2) is 0 Å².